The molecule has 0 aromatic heterocycles. The zero-order valence-corrected chi connectivity index (χ0v) is 12.9. The Labute approximate surface area is 122 Å². The van der Waals surface area contributed by atoms with Crippen LogP contribution in [0.15, 0.2) is 0 Å². The number of likely N-dealkylation sites (tertiary alicyclic amines) is 1. The van der Waals surface area contributed by atoms with Gasteiger partial charge in [-0.25, -0.2) is 4.79 Å². The molecule has 3 atom stereocenters. The normalized spacial score (nSPS) is 31.6. The standard InChI is InChI=1S/C15H28N2O3/c1-11-9-13(16-2)14(17(11)15(18)19-3)10-20-12-7-5-4-6-8-12/h11-14,16H,4-10H2,1-3H3. The minimum Gasteiger partial charge on any atom is -0.453 e. The quantitative estimate of drug-likeness (QED) is 0.859. The monoisotopic (exact) mass is 284 g/mol. The van der Waals surface area contributed by atoms with E-state index in [0.29, 0.717) is 12.7 Å². The lowest BCUT2D eigenvalue weighted by atomic mass is 9.98. The molecule has 1 aliphatic carbocycles. The van der Waals surface area contributed by atoms with Gasteiger partial charge in [-0.05, 0) is 33.2 Å². The number of hydrogen-bond acceptors (Lipinski definition) is 4. The molecule has 3 unspecified atom stereocenters. The Morgan fingerprint density at radius 3 is 2.60 bits per heavy atom. The van der Waals surface area contributed by atoms with Crippen LogP contribution in [0.4, 0.5) is 4.79 Å². The highest BCUT2D eigenvalue weighted by Crippen LogP contribution is 2.27. The van der Waals surface area contributed by atoms with Gasteiger partial charge in [0.2, 0.25) is 0 Å². The minimum atomic E-state index is -0.243. The average molecular weight is 284 g/mol. The van der Waals surface area contributed by atoms with Gasteiger partial charge in [0.15, 0.2) is 0 Å². The first kappa shape index (κ1) is 15.6. The number of nitrogens with zero attached hydrogens (tertiary/aromatic N) is 1. The molecule has 0 aromatic carbocycles. The largest absolute Gasteiger partial charge is 0.453 e. The number of ether oxygens (including phenoxy) is 2. The van der Waals surface area contributed by atoms with Crippen LogP contribution >= 0.6 is 0 Å². The van der Waals surface area contributed by atoms with E-state index in [1.165, 1.54) is 26.4 Å². The van der Waals surface area contributed by atoms with Crippen LogP contribution in [-0.2, 0) is 9.47 Å². The fourth-order valence-corrected chi connectivity index (χ4v) is 3.55. The van der Waals surface area contributed by atoms with Gasteiger partial charge in [-0.1, -0.05) is 19.3 Å². The molecule has 0 bridgehead atoms. The summed E-state index contributed by atoms with van der Waals surface area (Å²) in [5, 5.41) is 3.31. The van der Waals surface area contributed by atoms with Crippen LogP contribution in [0.25, 0.3) is 0 Å². The fraction of sp³-hybridized carbons (Fsp3) is 0.933. The van der Waals surface area contributed by atoms with Crippen molar-refractivity contribution in [3.63, 3.8) is 0 Å². The van der Waals surface area contributed by atoms with Gasteiger partial charge in [0.25, 0.3) is 0 Å². The lowest BCUT2D eigenvalue weighted by Crippen LogP contribution is -2.48. The topological polar surface area (TPSA) is 50.8 Å². The molecule has 0 spiro atoms. The van der Waals surface area contributed by atoms with Gasteiger partial charge in [-0.3, -0.25) is 4.90 Å². The number of carbonyl (C=O) groups is 1. The number of amides is 1. The molecule has 0 radical (unpaired) electrons. The molecule has 1 aliphatic heterocycles. The highest BCUT2D eigenvalue weighted by Gasteiger charge is 2.42. The molecule has 5 nitrogen and oxygen atoms in total. The molecule has 1 amide bonds. The van der Waals surface area contributed by atoms with Gasteiger partial charge in [-0.2, -0.15) is 0 Å². The van der Waals surface area contributed by atoms with E-state index in [2.05, 4.69) is 12.2 Å². The van der Waals surface area contributed by atoms with Gasteiger partial charge >= 0.3 is 6.09 Å². The second-order valence-corrected chi connectivity index (χ2v) is 6.02. The second kappa shape index (κ2) is 7.27. The van der Waals surface area contributed by atoms with Crippen LogP contribution in [0.1, 0.15) is 45.4 Å². The maximum absolute atomic E-state index is 12.0. The summed E-state index contributed by atoms with van der Waals surface area (Å²) in [5.41, 5.74) is 0. The molecule has 2 aliphatic rings. The first-order valence-corrected chi connectivity index (χ1v) is 7.82. The molecule has 116 valence electrons. The SMILES string of the molecule is CNC1CC(C)N(C(=O)OC)C1COC1CCCCC1. The van der Waals surface area contributed by atoms with E-state index in [1.54, 1.807) is 0 Å². The van der Waals surface area contributed by atoms with Crippen molar-refractivity contribution in [1.29, 1.82) is 0 Å². The molecular formula is C15H28N2O3. The molecule has 1 N–H and O–H groups in total. The molecule has 1 heterocycles. The van der Waals surface area contributed by atoms with Crippen molar-refractivity contribution >= 4 is 6.09 Å². The highest BCUT2D eigenvalue weighted by atomic mass is 16.5. The maximum atomic E-state index is 12.0. The number of likely N-dealkylation sites (N-methyl/N-ethyl adjacent to an activating group) is 1. The first-order chi connectivity index (χ1) is 9.67. The summed E-state index contributed by atoms with van der Waals surface area (Å²) < 4.78 is 11.0. The predicted molar refractivity (Wildman–Crippen MR) is 77.8 cm³/mol. The number of nitrogens with one attached hydrogen (secondary N) is 1. The molecule has 5 heteroatoms. The van der Waals surface area contributed by atoms with Crippen molar-refractivity contribution in [1.82, 2.24) is 10.2 Å². The second-order valence-electron chi connectivity index (χ2n) is 6.02. The smallest absolute Gasteiger partial charge is 0.410 e. The van der Waals surface area contributed by atoms with Crippen LogP contribution in [0.3, 0.4) is 0 Å². The van der Waals surface area contributed by atoms with Crippen molar-refractivity contribution in [3.05, 3.63) is 0 Å². The Balaban J connectivity index is 1.94. The lowest BCUT2D eigenvalue weighted by Gasteiger charge is -2.31. The number of carbonyl (C=O) groups excluding carboxylic acids is 1. The van der Waals surface area contributed by atoms with E-state index < -0.39 is 0 Å². The van der Waals surface area contributed by atoms with Crippen molar-refractivity contribution in [2.75, 3.05) is 20.8 Å². The van der Waals surface area contributed by atoms with E-state index in [-0.39, 0.29) is 24.2 Å². The molecule has 0 aromatic rings. The molecule has 1 saturated heterocycles. The van der Waals surface area contributed by atoms with Crippen molar-refractivity contribution < 1.29 is 14.3 Å². The third-order valence-electron chi connectivity index (χ3n) is 4.70. The summed E-state index contributed by atoms with van der Waals surface area (Å²) in [4.78, 5) is 13.8. The molecule has 1 saturated carbocycles. The van der Waals surface area contributed by atoms with Gasteiger partial charge in [0.1, 0.15) is 0 Å². The zero-order chi connectivity index (χ0) is 14.5. The predicted octanol–water partition coefficient (Wildman–Crippen LogP) is 2.15. The summed E-state index contributed by atoms with van der Waals surface area (Å²) >= 11 is 0. The number of rotatable bonds is 4. The third kappa shape index (κ3) is 3.44. The Morgan fingerprint density at radius 1 is 1.30 bits per heavy atom. The lowest BCUT2D eigenvalue weighted by molar-refractivity contribution is -0.00687. The van der Waals surface area contributed by atoms with Gasteiger partial charge in [0, 0.05) is 12.1 Å². The maximum Gasteiger partial charge on any atom is 0.410 e. The molecule has 2 rings (SSSR count). The average Bonchev–Trinajstić information content (AvgIpc) is 2.81. The van der Waals surface area contributed by atoms with Crippen molar-refractivity contribution in [2.24, 2.45) is 0 Å². The zero-order valence-electron chi connectivity index (χ0n) is 12.9. The van der Waals surface area contributed by atoms with Crippen LogP contribution in [0, 0.1) is 0 Å². The molecule has 2 fully saturated rings. The van der Waals surface area contributed by atoms with E-state index in [1.807, 2.05) is 11.9 Å². The summed E-state index contributed by atoms with van der Waals surface area (Å²) in [5.74, 6) is 0. The Bertz CT molecular complexity index is 318. The molecular weight excluding hydrogens is 256 g/mol. The van der Waals surface area contributed by atoms with Crippen LogP contribution in [0.5, 0.6) is 0 Å². The van der Waals surface area contributed by atoms with Crippen molar-refractivity contribution in [2.45, 2.75) is 69.7 Å². The minimum absolute atomic E-state index is 0.0735. The summed E-state index contributed by atoms with van der Waals surface area (Å²) in [6.45, 7) is 2.68. The van der Waals surface area contributed by atoms with Gasteiger partial charge in [-0.15, -0.1) is 0 Å². The summed E-state index contributed by atoms with van der Waals surface area (Å²) in [6, 6.07) is 0.553. The van der Waals surface area contributed by atoms with Crippen molar-refractivity contribution in [3.8, 4) is 0 Å². The van der Waals surface area contributed by atoms with Crippen LogP contribution in [-0.4, -0.2) is 56.0 Å². The van der Waals surface area contributed by atoms with E-state index in [0.717, 1.165) is 19.3 Å². The summed E-state index contributed by atoms with van der Waals surface area (Å²) in [7, 11) is 3.40. The van der Waals surface area contributed by atoms with E-state index in [4.69, 9.17) is 9.47 Å². The molecule has 20 heavy (non-hydrogen) atoms. The van der Waals surface area contributed by atoms with Crippen LogP contribution in [0.2, 0.25) is 0 Å². The number of methoxy groups -OCH3 is 1. The van der Waals surface area contributed by atoms with E-state index >= 15 is 0 Å². The van der Waals surface area contributed by atoms with Gasteiger partial charge in [0.05, 0.1) is 25.9 Å². The Morgan fingerprint density at radius 2 is 2.00 bits per heavy atom. The number of hydrogen-bond donors (Lipinski definition) is 1. The highest BCUT2D eigenvalue weighted by molar-refractivity contribution is 5.69. The van der Waals surface area contributed by atoms with E-state index in [9.17, 15) is 4.79 Å². The first-order valence-electron chi connectivity index (χ1n) is 7.82. The fourth-order valence-electron chi connectivity index (χ4n) is 3.55. The summed E-state index contributed by atoms with van der Waals surface area (Å²) in [6.07, 6.45) is 7.25. The Kier molecular flexibility index (Phi) is 5.66. The third-order valence-corrected chi connectivity index (χ3v) is 4.70. The van der Waals surface area contributed by atoms with Crippen LogP contribution < -0.4 is 5.32 Å². The Hall–Kier alpha value is -0.810. The van der Waals surface area contributed by atoms with Gasteiger partial charge < -0.3 is 14.8 Å².